The highest BCUT2D eigenvalue weighted by molar-refractivity contribution is 9.10. The average molecular weight is 494 g/mol. The number of methoxy groups -OCH3 is 1. The van der Waals surface area contributed by atoms with E-state index in [1.54, 1.807) is 13.2 Å². The first kappa shape index (κ1) is 23.6. The highest BCUT2D eigenvalue weighted by Gasteiger charge is 2.12. The quantitative estimate of drug-likeness (QED) is 0.333. The molecule has 0 spiro atoms. The number of carbonyl (C=O) groups excluding carboxylic acids is 1. The molecule has 0 heterocycles. The number of nitrogens with one attached hydrogen (secondary N) is 1. The largest absolute Gasteiger partial charge is 0.493 e. The molecule has 0 fully saturated rings. The maximum atomic E-state index is 12.6. The number of anilines is 1. The second-order valence-corrected chi connectivity index (χ2v) is 8.14. The van der Waals surface area contributed by atoms with Crippen LogP contribution in [0.3, 0.4) is 0 Å². The van der Waals surface area contributed by atoms with Gasteiger partial charge in [-0.15, -0.1) is 0 Å². The fraction of sp³-hybridized carbons (Fsp3) is 0.222. The average Bonchev–Trinajstić information content (AvgIpc) is 2.82. The Morgan fingerprint density at radius 3 is 2.31 bits per heavy atom. The van der Waals surface area contributed by atoms with E-state index in [0.717, 1.165) is 45.3 Å². The van der Waals surface area contributed by atoms with Crippen molar-refractivity contribution < 1.29 is 14.3 Å². The van der Waals surface area contributed by atoms with E-state index >= 15 is 0 Å². The normalized spacial score (nSPS) is 10.9. The molecule has 0 aliphatic carbocycles. The molecule has 0 saturated carbocycles. The van der Waals surface area contributed by atoms with Crippen molar-refractivity contribution in [3.05, 3.63) is 93.5 Å². The smallest absolute Gasteiger partial charge is 0.248 e. The predicted molar refractivity (Wildman–Crippen MR) is 134 cm³/mol. The van der Waals surface area contributed by atoms with Crippen LogP contribution in [-0.2, 0) is 24.2 Å². The monoisotopic (exact) mass is 493 g/mol. The third-order valence-corrected chi connectivity index (χ3v) is 5.74. The number of para-hydroxylation sites is 1. The predicted octanol–water partition coefficient (Wildman–Crippen LogP) is 6.81. The summed E-state index contributed by atoms with van der Waals surface area (Å²) in [7, 11) is 1.60. The summed E-state index contributed by atoms with van der Waals surface area (Å²) < 4.78 is 12.3. The summed E-state index contributed by atoms with van der Waals surface area (Å²) in [5.41, 5.74) is 5.08. The van der Waals surface area contributed by atoms with Gasteiger partial charge in [-0.05, 0) is 69.2 Å². The number of carbonyl (C=O) groups is 1. The molecule has 3 rings (SSSR count). The van der Waals surface area contributed by atoms with Crippen LogP contribution in [0.25, 0.3) is 6.08 Å². The lowest BCUT2D eigenvalue weighted by atomic mass is 10.0. The summed E-state index contributed by atoms with van der Waals surface area (Å²) in [6.07, 6.45) is 5.03. The zero-order valence-corrected chi connectivity index (χ0v) is 20.2. The number of aryl methyl sites for hydroxylation is 2. The first-order valence-corrected chi connectivity index (χ1v) is 11.5. The van der Waals surface area contributed by atoms with Gasteiger partial charge in [-0.2, -0.15) is 0 Å². The molecule has 0 atom stereocenters. The Balaban J connectivity index is 1.74. The van der Waals surface area contributed by atoms with Gasteiger partial charge in [0.2, 0.25) is 5.91 Å². The van der Waals surface area contributed by atoms with Crippen LogP contribution in [0.1, 0.15) is 36.1 Å². The number of hydrogen-bond donors (Lipinski definition) is 1. The van der Waals surface area contributed by atoms with E-state index in [9.17, 15) is 4.79 Å². The second-order valence-electron chi connectivity index (χ2n) is 7.29. The van der Waals surface area contributed by atoms with E-state index in [4.69, 9.17) is 9.47 Å². The van der Waals surface area contributed by atoms with Gasteiger partial charge < -0.3 is 14.8 Å². The first-order valence-electron chi connectivity index (χ1n) is 10.7. The summed E-state index contributed by atoms with van der Waals surface area (Å²) in [5.74, 6) is 1.06. The first-order chi connectivity index (χ1) is 15.5. The number of ether oxygens (including phenoxy) is 2. The van der Waals surface area contributed by atoms with E-state index < -0.39 is 0 Å². The summed E-state index contributed by atoms with van der Waals surface area (Å²) in [6, 6.07) is 19.8. The summed E-state index contributed by atoms with van der Waals surface area (Å²) in [4.78, 5) is 12.6. The molecule has 0 aliphatic heterocycles. The van der Waals surface area contributed by atoms with E-state index in [2.05, 4.69) is 47.2 Å². The van der Waals surface area contributed by atoms with Crippen LogP contribution in [-0.4, -0.2) is 13.0 Å². The third kappa shape index (κ3) is 6.01. The Kier molecular flexibility index (Phi) is 8.51. The highest BCUT2D eigenvalue weighted by Crippen LogP contribution is 2.37. The summed E-state index contributed by atoms with van der Waals surface area (Å²) in [5, 5.41) is 3.05. The van der Waals surface area contributed by atoms with Gasteiger partial charge in [0, 0.05) is 11.8 Å². The Morgan fingerprint density at radius 2 is 1.69 bits per heavy atom. The molecule has 1 N–H and O–H groups in total. The van der Waals surface area contributed by atoms with Gasteiger partial charge in [-0.25, -0.2) is 0 Å². The van der Waals surface area contributed by atoms with Crippen molar-refractivity contribution in [2.45, 2.75) is 33.3 Å². The Labute approximate surface area is 198 Å². The van der Waals surface area contributed by atoms with Crippen molar-refractivity contribution >= 4 is 33.6 Å². The molecule has 32 heavy (non-hydrogen) atoms. The lowest BCUT2D eigenvalue weighted by molar-refractivity contribution is -0.111. The molecular formula is C27H28BrNO3. The summed E-state index contributed by atoms with van der Waals surface area (Å²) >= 11 is 3.57. The molecule has 3 aromatic carbocycles. The van der Waals surface area contributed by atoms with E-state index in [0.29, 0.717) is 18.1 Å². The molecule has 0 radical (unpaired) electrons. The van der Waals surface area contributed by atoms with Gasteiger partial charge in [0.05, 0.1) is 11.6 Å². The van der Waals surface area contributed by atoms with Crippen LogP contribution < -0.4 is 14.8 Å². The standard InChI is InChI=1S/C27H28BrNO3/c1-4-21-12-9-13-22(5-2)26(21)29-25(30)15-14-20-16-23(28)27(24(17-20)31-3)32-18-19-10-7-6-8-11-19/h6-17H,4-5,18H2,1-3H3,(H,29,30). The van der Waals surface area contributed by atoms with Crippen LogP contribution >= 0.6 is 15.9 Å². The molecule has 0 saturated heterocycles. The lowest BCUT2D eigenvalue weighted by Crippen LogP contribution is -2.11. The zero-order valence-electron chi connectivity index (χ0n) is 18.7. The molecule has 3 aromatic rings. The van der Waals surface area contributed by atoms with Crippen LogP contribution in [0.4, 0.5) is 5.69 Å². The van der Waals surface area contributed by atoms with E-state index in [-0.39, 0.29) is 5.91 Å². The Morgan fingerprint density at radius 1 is 1.00 bits per heavy atom. The molecule has 5 heteroatoms. The maximum absolute atomic E-state index is 12.6. The minimum atomic E-state index is -0.167. The van der Waals surface area contributed by atoms with E-state index in [1.165, 1.54) is 6.08 Å². The Bertz CT molecular complexity index is 1070. The van der Waals surface area contributed by atoms with Crippen LogP contribution in [0.15, 0.2) is 71.2 Å². The molecule has 0 unspecified atom stereocenters. The minimum absolute atomic E-state index is 0.167. The molecule has 4 nitrogen and oxygen atoms in total. The third-order valence-electron chi connectivity index (χ3n) is 5.15. The molecule has 166 valence electrons. The van der Waals surface area contributed by atoms with Gasteiger partial charge >= 0.3 is 0 Å². The van der Waals surface area contributed by atoms with Crippen molar-refractivity contribution in [1.29, 1.82) is 0 Å². The second kappa shape index (κ2) is 11.5. The number of benzene rings is 3. The minimum Gasteiger partial charge on any atom is -0.493 e. The van der Waals surface area contributed by atoms with Gasteiger partial charge in [-0.1, -0.05) is 62.4 Å². The SMILES string of the molecule is CCc1cccc(CC)c1NC(=O)C=Cc1cc(Br)c(OCc2ccccc2)c(OC)c1. The van der Waals surface area contributed by atoms with Crippen LogP contribution in [0, 0.1) is 0 Å². The van der Waals surface area contributed by atoms with Crippen molar-refractivity contribution in [2.24, 2.45) is 0 Å². The summed E-state index contributed by atoms with van der Waals surface area (Å²) in [6.45, 7) is 4.61. The number of amides is 1. The topological polar surface area (TPSA) is 47.6 Å². The van der Waals surface area contributed by atoms with Gasteiger partial charge in [0.25, 0.3) is 0 Å². The van der Waals surface area contributed by atoms with Crippen molar-refractivity contribution in [2.75, 3.05) is 12.4 Å². The zero-order chi connectivity index (χ0) is 22.9. The van der Waals surface area contributed by atoms with Crippen LogP contribution in [0.5, 0.6) is 11.5 Å². The molecular weight excluding hydrogens is 466 g/mol. The van der Waals surface area contributed by atoms with Gasteiger partial charge in [-0.3, -0.25) is 4.79 Å². The van der Waals surface area contributed by atoms with Gasteiger partial charge in [0.15, 0.2) is 11.5 Å². The molecule has 0 aromatic heterocycles. The number of hydrogen-bond acceptors (Lipinski definition) is 3. The number of rotatable bonds is 9. The van der Waals surface area contributed by atoms with Crippen molar-refractivity contribution in [3.8, 4) is 11.5 Å². The number of halogens is 1. The Hall–Kier alpha value is -3.05. The van der Waals surface area contributed by atoms with Crippen molar-refractivity contribution in [1.82, 2.24) is 0 Å². The highest BCUT2D eigenvalue weighted by atomic mass is 79.9. The molecule has 0 bridgehead atoms. The van der Waals surface area contributed by atoms with E-state index in [1.807, 2.05) is 48.5 Å². The maximum Gasteiger partial charge on any atom is 0.248 e. The lowest BCUT2D eigenvalue weighted by Gasteiger charge is -2.14. The fourth-order valence-electron chi connectivity index (χ4n) is 3.45. The fourth-order valence-corrected chi connectivity index (χ4v) is 4.02. The molecule has 1 amide bonds. The van der Waals surface area contributed by atoms with Crippen LogP contribution in [0.2, 0.25) is 0 Å². The van der Waals surface area contributed by atoms with Gasteiger partial charge in [0.1, 0.15) is 6.61 Å². The van der Waals surface area contributed by atoms with Crippen molar-refractivity contribution in [3.63, 3.8) is 0 Å². The molecule has 0 aliphatic rings.